The van der Waals surface area contributed by atoms with Crippen LogP contribution < -0.4 is 0 Å². The average molecular weight is 398 g/mol. The number of amidine groups is 1. The van der Waals surface area contributed by atoms with Gasteiger partial charge < -0.3 is 15.1 Å². The van der Waals surface area contributed by atoms with Gasteiger partial charge in [0, 0.05) is 5.56 Å². The van der Waals surface area contributed by atoms with Crippen molar-refractivity contribution in [3.05, 3.63) is 71.0 Å². The third kappa shape index (κ3) is 2.49. The summed E-state index contributed by atoms with van der Waals surface area (Å²) in [4.78, 5) is 18.2. The van der Waals surface area contributed by atoms with Crippen LogP contribution in [0.15, 0.2) is 53.5 Å². The fourth-order valence-corrected chi connectivity index (χ4v) is 6.16. The van der Waals surface area contributed by atoms with Gasteiger partial charge >= 0.3 is 5.97 Å². The Labute approximate surface area is 165 Å². The lowest BCUT2D eigenvalue weighted by atomic mass is 9.82. The third-order valence-electron chi connectivity index (χ3n) is 5.91. The minimum Gasteiger partial charge on any atom is -0.481 e. The lowest BCUT2D eigenvalue weighted by Gasteiger charge is -2.42. The summed E-state index contributed by atoms with van der Waals surface area (Å²) in [5.74, 6) is -1.20. The molecular weight excluding hydrogens is 379 g/mol. The van der Waals surface area contributed by atoms with Crippen LogP contribution in [0.1, 0.15) is 35.6 Å². The van der Waals surface area contributed by atoms with Crippen molar-refractivity contribution >= 4 is 22.9 Å². The second-order valence-corrected chi connectivity index (χ2v) is 8.64. The van der Waals surface area contributed by atoms with Crippen LogP contribution in [0.2, 0.25) is 0 Å². The molecule has 28 heavy (non-hydrogen) atoms. The first kappa shape index (κ1) is 17.7. The number of hydrogen-bond acceptors (Lipinski definition) is 5. The number of aliphatic carboxylic acids is 1. The molecule has 2 heterocycles. The first-order chi connectivity index (χ1) is 13.5. The van der Waals surface area contributed by atoms with Gasteiger partial charge in [0.05, 0.1) is 23.8 Å². The van der Waals surface area contributed by atoms with Crippen molar-refractivity contribution in [3.63, 3.8) is 0 Å². The number of thioether (sulfide) groups is 1. The molecule has 0 amide bonds. The molecule has 2 aromatic carbocycles. The molecule has 0 spiro atoms. The number of benzene rings is 2. The quantitative estimate of drug-likeness (QED) is 0.830. The number of aliphatic hydroxyl groups is 1. The van der Waals surface area contributed by atoms with Crippen LogP contribution in [0, 0.1) is 5.82 Å². The van der Waals surface area contributed by atoms with E-state index in [1.807, 2.05) is 35.2 Å². The Kier molecular flexibility index (Phi) is 4.00. The predicted octanol–water partition coefficient (Wildman–Crippen LogP) is 3.29. The highest BCUT2D eigenvalue weighted by atomic mass is 32.2. The zero-order chi connectivity index (χ0) is 19.5. The highest BCUT2D eigenvalue weighted by molar-refractivity contribution is 8.14. The van der Waals surface area contributed by atoms with Crippen LogP contribution >= 0.6 is 11.8 Å². The minimum absolute atomic E-state index is 0.0792. The highest BCUT2D eigenvalue weighted by Crippen LogP contribution is 2.55. The molecule has 0 radical (unpaired) electrons. The molecule has 2 aromatic rings. The van der Waals surface area contributed by atoms with E-state index in [1.165, 1.54) is 17.8 Å². The van der Waals surface area contributed by atoms with E-state index in [1.54, 1.807) is 12.1 Å². The lowest BCUT2D eigenvalue weighted by Crippen LogP contribution is -2.53. The topological polar surface area (TPSA) is 73.1 Å². The molecule has 2 aliphatic heterocycles. The number of carboxylic acids is 1. The largest absolute Gasteiger partial charge is 0.481 e. The number of halogens is 1. The molecule has 0 aromatic heterocycles. The summed E-state index contributed by atoms with van der Waals surface area (Å²) in [6.45, 7) is 0. The molecule has 1 saturated heterocycles. The Morgan fingerprint density at radius 2 is 2.07 bits per heavy atom. The van der Waals surface area contributed by atoms with Crippen LogP contribution in [0.3, 0.4) is 0 Å². The number of carbonyl (C=O) groups is 1. The summed E-state index contributed by atoms with van der Waals surface area (Å²) in [7, 11) is 0. The number of carboxylic acid groups (broad SMARTS) is 1. The van der Waals surface area contributed by atoms with Crippen molar-refractivity contribution in [1.82, 2.24) is 4.90 Å². The van der Waals surface area contributed by atoms with Crippen LogP contribution in [0.4, 0.5) is 4.39 Å². The maximum atomic E-state index is 13.6. The van der Waals surface area contributed by atoms with Crippen molar-refractivity contribution in [2.24, 2.45) is 4.99 Å². The Morgan fingerprint density at radius 1 is 1.29 bits per heavy atom. The van der Waals surface area contributed by atoms with Crippen molar-refractivity contribution in [3.8, 4) is 0 Å². The molecule has 1 fully saturated rings. The Bertz CT molecular complexity index is 983. The zero-order valence-corrected chi connectivity index (χ0v) is 15.8. The van der Waals surface area contributed by atoms with Crippen molar-refractivity contribution in [1.29, 1.82) is 0 Å². The van der Waals surface area contributed by atoms with Gasteiger partial charge in [0.15, 0.2) is 10.9 Å². The Balaban J connectivity index is 1.60. The first-order valence-electron chi connectivity index (χ1n) is 9.30. The number of aliphatic imine (C=N–C) groups is 1. The highest BCUT2D eigenvalue weighted by Gasteiger charge is 2.59. The SMILES string of the molecule is O=C(O)C[C@H]1SC2=NC3c4ccc(F)cc4CCC3N2[C@]1(O)c1ccccc1. The maximum Gasteiger partial charge on any atom is 0.304 e. The summed E-state index contributed by atoms with van der Waals surface area (Å²) in [6.07, 6.45) is 1.26. The van der Waals surface area contributed by atoms with E-state index < -0.39 is 16.9 Å². The molecule has 0 saturated carbocycles. The molecule has 1 aliphatic carbocycles. The first-order valence-corrected chi connectivity index (χ1v) is 10.2. The predicted molar refractivity (Wildman–Crippen MR) is 104 cm³/mol. The van der Waals surface area contributed by atoms with Crippen LogP contribution in [-0.2, 0) is 16.9 Å². The van der Waals surface area contributed by atoms with Crippen molar-refractivity contribution in [2.45, 2.75) is 42.3 Å². The summed E-state index contributed by atoms with van der Waals surface area (Å²) < 4.78 is 13.6. The maximum absolute atomic E-state index is 13.6. The van der Waals surface area contributed by atoms with Gasteiger partial charge in [-0.05, 0) is 36.1 Å². The number of fused-ring (bicyclic) bond motifs is 5. The van der Waals surface area contributed by atoms with Gasteiger partial charge in [-0.3, -0.25) is 9.79 Å². The number of nitrogens with zero attached hydrogens (tertiary/aromatic N) is 2. The second-order valence-electron chi connectivity index (χ2n) is 7.47. The van der Waals surface area contributed by atoms with E-state index >= 15 is 0 Å². The molecule has 4 atom stereocenters. The molecule has 5 rings (SSSR count). The molecule has 144 valence electrons. The molecule has 2 unspecified atom stereocenters. The molecular formula is C21H19FN2O3S. The Morgan fingerprint density at radius 3 is 2.82 bits per heavy atom. The van der Waals surface area contributed by atoms with Gasteiger partial charge in [0.2, 0.25) is 0 Å². The standard InChI is InChI=1S/C21H19FN2O3S/c22-14-7-8-15-12(10-14)6-9-16-19(15)23-20-24(16)21(27,13-4-2-1-3-5-13)17(28-20)11-18(25)26/h1-5,7-8,10,16-17,19,27H,6,9,11H2,(H,25,26)/t16?,17-,19?,21+/m1/s1. The second kappa shape index (κ2) is 6.32. The van der Waals surface area contributed by atoms with Gasteiger partial charge in [-0.15, -0.1) is 0 Å². The van der Waals surface area contributed by atoms with Crippen molar-refractivity contribution < 1.29 is 19.4 Å². The average Bonchev–Trinajstić information content (AvgIpc) is 3.17. The van der Waals surface area contributed by atoms with Crippen LogP contribution in [-0.4, -0.2) is 37.5 Å². The normalized spacial score (nSPS) is 30.4. The van der Waals surface area contributed by atoms with E-state index in [-0.39, 0.29) is 24.3 Å². The summed E-state index contributed by atoms with van der Waals surface area (Å²) >= 11 is 1.33. The lowest BCUT2D eigenvalue weighted by molar-refractivity contribution is -0.141. The zero-order valence-electron chi connectivity index (χ0n) is 15.0. The Hall–Kier alpha value is -2.38. The van der Waals surface area contributed by atoms with Gasteiger partial charge in [-0.25, -0.2) is 4.39 Å². The number of rotatable bonds is 3. The van der Waals surface area contributed by atoms with Crippen LogP contribution in [0.5, 0.6) is 0 Å². The monoisotopic (exact) mass is 398 g/mol. The van der Waals surface area contributed by atoms with Gasteiger partial charge in [0.1, 0.15) is 5.82 Å². The fourth-order valence-electron chi connectivity index (χ4n) is 4.70. The molecule has 2 N–H and O–H groups in total. The number of hydrogen-bond donors (Lipinski definition) is 2. The van der Waals surface area contributed by atoms with Gasteiger partial charge in [-0.2, -0.15) is 0 Å². The van der Waals surface area contributed by atoms with Gasteiger partial charge in [0.25, 0.3) is 0 Å². The van der Waals surface area contributed by atoms with E-state index in [9.17, 15) is 19.4 Å². The van der Waals surface area contributed by atoms with Crippen LogP contribution in [0.25, 0.3) is 0 Å². The molecule has 0 bridgehead atoms. The van der Waals surface area contributed by atoms with Gasteiger partial charge in [-0.1, -0.05) is 48.2 Å². The smallest absolute Gasteiger partial charge is 0.304 e. The van der Waals surface area contributed by atoms with E-state index in [0.29, 0.717) is 17.2 Å². The summed E-state index contributed by atoms with van der Waals surface area (Å²) in [6, 6.07) is 13.8. The number of aryl methyl sites for hydroxylation is 1. The molecule has 3 aliphatic rings. The minimum atomic E-state index is -1.44. The van der Waals surface area contributed by atoms with E-state index in [0.717, 1.165) is 17.5 Å². The fraction of sp³-hybridized carbons (Fsp3) is 0.333. The third-order valence-corrected chi connectivity index (χ3v) is 7.20. The summed E-state index contributed by atoms with van der Waals surface area (Å²) in [5.41, 5.74) is 1.18. The van der Waals surface area contributed by atoms with E-state index in [2.05, 4.69) is 0 Å². The summed E-state index contributed by atoms with van der Waals surface area (Å²) in [5, 5.41) is 21.4. The molecule has 5 nitrogen and oxygen atoms in total. The molecule has 7 heteroatoms. The van der Waals surface area contributed by atoms with E-state index in [4.69, 9.17) is 4.99 Å². The van der Waals surface area contributed by atoms with Crippen molar-refractivity contribution in [2.75, 3.05) is 0 Å².